The van der Waals surface area contributed by atoms with Gasteiger partial charge in [-0.2, -0.15) is 5.26 Å². The Balaban J connectivity index is 1.78. The van der Waals surface area contributed by atoms with Crippen LogP contribution in [0.2, 0.25) is 5.02 Å². The molecule has 0 aliphatic carbocycles. The second kappa shape index (κ2) is 8.35. The predicted octanol–water partition coefficient (Wildman–Crippen LogP) is 2.84. The number of carbonyl (C=O) groups is 1. The summed E-state index contributed by atoms with van der Waals surface area (Å²) < 4.78 is 5.03. The predicted molar refractivity (Wildman–Crippen MR) is 101 cm³/mol. The Morgan fingerprint density at radius 1 is 1.31 bits per heavy atom. The zero-order valence-corrected chi connectivity index (χ0v) is 15.5. The van der Waals surface area contributed by atoms with E-state index < -0.39 is 0 Å². The van der Waals surface area contributed by atoms with Crippen LogP contribution in [-0.2, 0) is 9.53 Å². The number of nitriles is 1. The molecule has 0 N–H and O–H groups in total. The molecule has 6 nitrogen and oxygen atoms in total. The van der Waals surface area contributed by atoms with E-state index in [0.29, 0.717) is 23.7 Å². The molecule has 1 saturated heterocycles. The van der Waals surface area contributed by atoms with Crippen LogP contribution < -0.4 is 4.90 Å². The van der Waals surface area contributed by atoms with Gasteiger partial charge >= 0.3 is 5.97 Å². The minimum Gasteiger partial charge on any atom is -0.465 e. The van der Waals surface area contributed by atoms with E-state index in [1.807, 2.05) is 19.1 Å². The van der Waals surface area contributed by atoms with Gasteiger partial charge in [0, 0.05) is 36.6 Å². The van der Waals surface area contributed by atoms with Crippen LogP contribution in [0, 0.1) is 11.3 Å². The largest absolute Gasteiger partial charge is 0.465 e. The number of benzene rings is 1. The Labute approximate surface area is 157 Å². The van der Waals surface area contributed by atoms with Gasteiger partial charge in [0.05, 0.1) is 30.3 Å². The Morgan fingerprint density at radius 3 is 2.92 bits per heavy atom. The zero-order chi connectivity index (χ0) is 18.5. The van der Waals surface area contributed by atoms with Gasteiger partial charge in [-0.3, -0.25) is 9.69 Å². The number of anilines is 1. The third kappa shape index (κ3) is 4.24. The fraction of sp³-hybridized carbons (Fsp3) is 0.421. The van der Waals surface area contributed by atoms with E-state index in [0.717, 1.165) is 49.3 Å². The molecule has 0 unspecified atom stereocenters. The summed E-state index contributed by atoms with van der Waals surface area (Å²) in [6, 6.07) is 9.46. The van der Waals surface area contributed by atoms with Gasteiger partial charge in [-0.25, -0.2) is 4.98 Å². The van der Waals surface area contributed by atoms with Crippen LogP contribution in [0.15, 0.2) is 24.3 Å². The number of ether oxygens (including phenoxy) is 1. The van der Waals surface area contributed by atoms with E-state index in [1.165, 1.54) is 0 Å². The number of halogens is 1. The molecule has 1 fully saturated rings. The monoisotopic (exact) mass is 372 g/mol. The topological polar surface area (TPSA) is 69.5 Å². The second-order valence-electron chi connectivity index (χ2n) is 6.22. The van der Waals surface area contributed by atoms with Crippen molar-refractivity contribution in [1.29, 1.82) is 5.26 Å². The molecule has 0 radical (unpaired) electrons. The maximum Gasteiger partial charge on any atom is 0.320 e. The van der Waals surface area contributed by atoms with Crippen molar-refractivity contribution in [3.63, 3.8) is 0 Å². The van der Waals surface area contributed by atoms with Gasteiger partial charge in [0.1, 0.15) is 5.82 Å². The van der Waals surface area contributed by atoms with E-state index >= 15 is 0 Å². The van der Waals surface area contributed by atoms with Crippen LogP contribution in [-0.4, -0.2) is 55.2 Å². The fourth-order valence-electron chi connectivity index (χ4n) is 3.19. The summed E-state index contributed by atoms with van der Waals surface area (Å²) in [7, 11) is 0. The highest BCUT2D eigenvalue weighted by atomic mass is 35.5. The second-order valence-corrected chi connectivity index (χ2v) is 6.66. The summed E-state index contributed by atoms with van der Waals surface area (Å²) >= 11 is 6.05. The van der Waals surface area contributed by atoms with E-state index in [4.69, 9.17) is 21.3 Å². The number of pyridine rings is 1. The van der Waals surface area contributed by atoms with Crippen molar-refractivity contribution in [2.75, 3.05) is 44.2 Å². The summed E-state index contributed by atoms with van der Waals surface area (Å²) in [6.45, 7) is 5.69. The van der Waals surface area contributed by atoms with Gasteiger partial charge in [0.25, 0.3) is 0 Å². The molecule has 1 aromatic heterocycles. The molecule has 2 aromatic rings. The lowest BCUT2D eigenvalue weighted by Crippen LogP contribution is -2.35. The van der Waals surface area contributed by atoms with Crippen molar-refractivity contribution in [2.45, 2.75) is 13.3 Å². The van der Waals surface area contributed by atoms with Gasteiger partial charge < -0.3 is 9.64 Å². The number of nitrogens with zero attached hydrogens (tertiary/aromatic N) is 4. The van der Waals surface area contributed by atoms with Gasteiger partial charge in [0.2, 0.25) is 0 Å². The summed E-state index contributed by atoms with van der Waals surface area (Å²) in [5.74, 6) is 0.600. The summed E-state index contributed by atoms with van der Waals surface area (Å²) in [6.07, 6.45) is 0.918. The number of fused-ring (bicyclic) bond motifs is 1. The summed E-state index contributed by atoms with van der Waals surface area (Å²) in [5, 5.41) is 10.9. The first kappa shape index (κ1) is 18.4. The quantitative estimate of drug-likeness (QED) is 0.769. The maximum absolute atomic E-state index is 11.7. The lowest BCUT2D eigenvalue weighted by atomic mass is 10.1. The number of hydrogen-bond acceptors (Lipinski definition) is 6. The number of hydrogen-bond donors (Lipinski definition) is 0. The van der Waals surface area contributed by atoms with Gasteiger partial charge in [-0.1, -0.05) is 11.6 Å². The van der Waals surface area contributed by atoms with E-state index in [9.17, 15) is 10.1 Å². The molecule has 1 aromatic carbocycles. The van der Waals surface area contributed by atoms with Gasteiger partial charge in [-0.15, -0.1) is 0 Å². The summed E-state index contributed by atoms with van der Waals surface area (Å²) in [4.78, 5) is 20.7. The van der Waals surface area contributed by atoms with Crippen molar-refractivity contribution < 1.29 is 9.53 Å². The van der Waals surface area contributed by atoms with Crippen LogP contribution in [0.3, 0.4) is 0 Å². The third-order valence-electron chi connectivity index (χ3n) is 4.45. The lowest BCUT2D eigenvalue weighted by Gasteiger charge is -2.23. The average molecular weight is 373 g/mol. The summed E-state index contributed by atoms with van der Waals surface area (Å²) in [5.41, 5.74) is 1.33. The first-order valence-corrected chi connectivity index (χ1v) is 9.12. The average Bonchev–Trinajstić information content (AvgIpc) is 2.86. The van der Waals surface area contributed by atoms with Crippen molar-refractivity contribution in [1.82, 2.24) is 9.88 Å². The molecular weight excluding hydrogens is 352 g/mol. The lowest BCUT2D eigenvalue weighted by molar-refractivity contribution is -0.144. The SMILES string of the molecule is CCOC(=O)CN1CCCN(c2cc(C#N)c3cc(Cl)ccc3n2)CC1. The molecule has 26 heavy (non-hydrogen) atoms. The molecule has 0 saturated carbocycles. The van der Waals surface area contributed by atoms with E-state index in [-0.39, 0.29) is 5.97 Å². The van der Waals surface area contributed by atoms with Crippen LogP contribution in [0.4, 0.5) is 5.82 Å². The molecular formula is C19H21ClN4O2. The first-order valence-electron chi connectivity index (χ1n) is 8.74. The van der Waals surface area contributed by atoms with Crippen molar-refractivity contribution in [2.24, 2.45) is 0 Å². The molecule has 0 atom stereocenters. The fourth-order valence-corrected chi connectivity index (χ4v) is 3.36. The molecule has 2 heterocycles. The zero-order valence-electron chi connectivity index (χ0n) is 14.7. The highest BCUT2D eigenvalue weighted by Gasteiger charge is 2.19. The molecule has 3 rings (SSSR count). The minimum absolute atomic E-state index is 0.187. The third-order valence-corrected chi connectivity index (χ3v) is 4.68. The van der Waals surface area contributed by atoms with Gasteiger partial charge in [0.15, 0.2) is 0 Å². The number of aromatic nitrogens is 1. The van der Waals surface area contributed by atoms with Crippen molar-refractivity contribution >= 4 is 34.3 Å². The Morgan fingerprint density at radius 2 is 2.15 bits per heavy atom. The number of carbonyl (C=O) groups excluding carboxylic acids is 1. The maximum atomic E-state index is 11.7. The van der Waals surface area contributed by atoms with Crippen LogP contribution in [0.1, 0.15) is 18.9 Å². The molecule has 136 valence electrons. The number of rotatable bonds is 4. The molecule has 0 amide bonds. The molecule has 1 aliphatic rings. The Hall–Kier alpha value is -2.36. The van der Waals surface area contributed by atoms with Crippen molar-refractivity contribution in [3.05, 3.63) is 34.9 Å². The van der Waals surface area contributed by atoms with Crippen molar-refractivity contribution in [3.8, 4) is 6.07 Å². The Bertz CT molecular complexity index is 849. The van der Waals surface area contributed by atoms with E-state index in [2.05, 4.69) is 15.9 Å². The smallest absolute Gasteiger partial charge is 0.320 e. The van der Waals surface area contributed by atoms with E-state index in [1.54, 1.807) is 12.1 Å². The highest BCUT2D eigenvalue weighted by Crippen LogP contribution is 2.26. The molecule has 0 bridgehead atoms. The van der Waals surface area contributed by atoms with Crippen LogP contribution >= 0.6 is 11.6 Å². The molecule has 7 heteroatoms. The Kier molecular flexibility index (Phi) is 5.92. The van der Waals surface area contributed by atoms with Crippen LogP contribution in [0.5, 0.6) is 0 Å². The molecule has 0 spiro atoms. The minimum atomic E-state index is -0.187. The standard InChI is InChI=1S/C19H21ClN4O2/c1-2-26-19(25)13-23-6-3-7-24(9-8-23)18-10-14(12-21)16-11-15(20)4-5-17(16)22-18/h4-5,10-11H,2-3,6-9,13H2,1H3. The van der Waals surface area contributed by atoms with Gasteiger partial charge in [-0.05, 0) is 37.6 Å². The highest BCUT2D eigenvalue weighted by molar-refractivity contribution is 6.31. The molecule has 1 aliphatic heterocycles. The first-order chi connectivity index (χ1) is 12.6. The number of esters is 1. The normalized spacial score (nSPS) is 15.5. The van der Waals surface area contributed by atoms with Crippen LogP contribution in [0.25, 0.3) is 10.9 Å².